The van der Waals surface area contributed by atoms with Crippen molar-refractivity contribution < 1.29 is 9.47 Å². The molecule has 0 saturated carbocycles. The van der Waals surface area contributed by atoms with E-state index in [0.717, 1.165) is 12.4 Å². The van der Waals surface area contributed by atoms with E-state index in [1.54, 1.807) is 0 Å². The summed E-state index contributed by atoms with van der Waals surface area (Å²) in [5, 5.41) is 0. The van der Waals surface area contributed by atoms with Crippen LogP contribution in [0.1, 0.15) is 103 Å². The lowest BCUT2D eigenvalue weighted by molar-refractivity contribution is 0.0970. The van der Waals surface area contributed by atoms with Gasteiger partial charge in [-0.3, -0.25) is 0 Å². The topological polar surface area (TPSA) is 18.5 Å². The smallest absolute Gasteiger partial charge is 0.119 e. The number of unbranched alkanes of at least 4 members (excludes halogenated alkanes) is 11. The first kappa shape index (κ1) is 24.0. The van der Waals surface area contributed by atoms with Crippen LogP contribution in [0.2, 0.25) is 0 Å². The third-order valence-corrected chi connectivity index (χ3v) is 5.13. The SMILES string of the molecule is CCCCCCCCCOCCOc1ccc(CCCCCCCC)cc1. The monoisotopic (exact) mass is 376 g/mol. The van der Waals surface area contributed by atoms with Gasteiger partial charge in [0.15, 0.2) is 0 Å². The van der Waals surface area contributed by atoms with E-state index in [9.17, 15) is 0 Å². The second-order valence-electron chi connectivity index (χ2n) is 7.74. The van der Waals surface area contributed by atoms with Crippen LogP contribution in [0.3, 0.4) is 0 Å². The van der Waals surface area contributed by atoms with Crippen LogP contribution in [0.5, 0.6) is 5.75 Å². The van der Waals surface area contributed by atoms with Gasteiger partial charge in [-0.1, -0.05) is 96.6 Å². The lowest BCUT2D eigenvalue weighted by Gasteiger charge is -2.08. The summed E-state index contributed by atoms with van der Waals surface area (Å²) < 4.78 is 11.5. The Labute approximate surface area is 169 Å². The number of hydrogen-bond acceptors (Lipinski definition) is 2. The molecule has 0 fully saturated rings. The van der Waals surface area contributed by atoms with Crippen LogP contribution >= 0.6 is 0 Å². The van der Waals surface area contributed by atoms with Crippen molar-refractivity contribution in [3.63, 3.8) is 0 Å². The Morgan fingerprint density at radius 3 is 1.74 bits per heavy atom. The molecule has 0 aliphatic heterocycles. The molecule has 0 spiro atoms. The number of rotatable bonds is 19. The van der Waals surface area contributed by atoms with Gasteiger partial charge < -0.3 is 9.47 Å². The Morgan fingerprint density at radius 2 is 1.11 bits per heavy atom. The van der Waals surface area contributed by atoms with E-state index >= 15 is 0 Å². The molecule has 2 heteroatoms. The lowest BCUT2D eigenvalue weighted by Crippen LogP contribution is -2.07. The lowest BCUT2D eigenvalue weighted by atomic mass is 10.0. The highest BCUT2D eigenvalue weighted by Crippen LogP contribution is 2.15. The summed E-state index contributed by atoms with van der Waals surface area (Å²) in [6.45, 7) is 6.74. The van der Waals surface area contributed by atoms with Gasteiger partial charge in [-0.05, 0) is 37.0 Å². The molecule has 0 radical (unpaired) electrons. The van der Waals surface area contributed by atoms with Gasteiger partial charge >= 0.3 is 0 Å². The first-order chi connectivity index (χ1) is 13.4. The van der Waals surface area contributed by atoms with E-state index in [0.29, 0.717) is 13.2 Å². The fraction of sp³-hybridized carbons (Fsp3) is 0.760. The van der Waals surface area contributed by atoms with Crippen LogP contribution in [0.4, 0.5) is 0 Å². The molecule has 0 atom stereocenters. The average Bonchev–Trinajstić information content (AvgIpc) is 2.70. The summed E-state index contributed by atoms with van der Waals surface area (Å²) in [6.07, 6.45) is 18.6. The number of hydrogen-bond donors (Lipinski definition) is 0. The van der Waals surface area contributed by atoms with Crippen LogP contribution in [0.15, 0.2) is 24.3 Å². The summed E-state index contributed by atoms with van der Waals surface area (Å²) in [5.74, 6) is 0.959. The van der Waals surface area contributed by atoms with Gasteiger partial charge in [0.2, 0.25) is 0 Å². The molecule has 2 nitrogen and oxygen atoms in total. The fourth-order valence-electron chi connectivity index (χ4n) is 3.34. The van der Waals surface area contributed by atoms with Gasteiger partial charge in [-0.15, -0.1) is 0 Å². The molecule has 0 saturated heterocycles. The van der Waals surface area contributed by atoms with E-state index in [2.05, 4.69) is 38.1 Å². The molecule has 156 valence electrons. The van der Waals surface area contributed by atoms with Crippen LogP contribution in [-0.4, -0.2) is 19.8 Å². The third kappa shape index (κ3) is 14.7. The van der Waals surface area contributed by atoms with Crippen molar-refractivity contribution in [1.29, 1.82) is 0 Å². The maximum absolute atomic E-state index is 5.78. The minimum Gasteiger partial charge on any atom is -0.491 e. The van der Waals surface area contributed by atoms with Gasteiger partial charge in [-0.2, -0.15) is 0 Å². The van der Waals surface area contributed by atoms with Crippen LogP contribution < -0.4 is 4.74 Å². The minimum absolute atomic E-state index is 0.646. The highest BCUT2D eigenvalue weighted by atomic mass is 16.5. The normalized spacial score (nSPS) is 11.0. The summed E-state index contributed by atoms with van der Waals surface area (Å²) >= 11 is 0. The van der Waals surface area contributed by atoms with Crippen molar-refractivity contribution in [2.24, 2.45) is 0 Å². The van der Waals surface area contributed by atoms with Crippen LogP contribution in [0.25, 0.3) is 0 Å². The standard InChI is InChI=1S/C25H44O2/c1-3-5-7-9-11-13-15-21-26-22-23-27-25-19-17-24(18-20-25)16-14-12-10-8-6-4-2/h17-20H,3-16,21-23H2,1-2H3. The average molecular weight is 377 g/mol. The van der Waals surface area contributed by atoms with Crippen LogP contribution in [0, 0.1) is 0 Å². The zero-order chi connectivity index (χ0) is 19.4. The van der Waals surface area contributed by atoms with Crippen molar-refractivity contribution in [1.82, 2.24) is 0 Å². The quantitative estimate of drug-likeness (QED) is 0.230. The molecule has 1 rings (SSSR count). The number of benzene rings is 1. The van der Waals surface area contributed by atoms with Crippen molar-refractivity contribution in [2.45, 2.75) is 104 Å². The fourth-order valence-corrected chi connectivity index (χ4v) is 3.34. The van der Waals surface area contributed by atoms with Gasteiger partial charge in [0.25, 0.3) is 0 Å². The molecule has 1 aromatic carbocycles. The van der Waals surface area contributed by atoms with Gasteiger partial charge in [0, 0.05) is 6.61 Å². The highest BCUT2D eigenvalue weighted by Gasteiger charge is 1.98. The van der Waals surface area contributed by atoms with Crippen LogP contribution in [-0.2, 0) is 11.2 Å². The predicted octanol–water partition coefficient (Wildman–Crippen LogP) is 7.74. The van der Waals surface area contributed by atoms with Crippen molar-refractivity contribution in [2.75, 3.05) is 19.8 Å². The van der Waals surface area contributed by atoms with Crippen molar-refractivity contribution in [3.8, 4) is 5.75 Å². The molecule has 0 amide bonds. The maximum Gasteiger partial charge on any atom is 0.119 e. The molecule has 27 heavy (non-hydrogen) atoms. The van der Waals surface area contributed by atoms with Crippen molar-refractivity contribution >= 4 is 0 Å². The summed E-state index contributed by atoms with van der Waals surface area (Å²) in [4.78, 5) is 0. The van der Waals surface area contributed by atoms with Crippen molar-refractivity contribution in [3.05, 3.63) is 29.8 Å². The summed E-state index contributed by atoms with van der Waals surface area (Å²) in [7, 11) is 0. The Bertz CT molecular complexity index is 413. The Kier molecular flexibility index (Phi) is 16.3. The van der Waals surface area contributed by atoms with Gasteiger partial charge in [0.05, 0.1) is 6.61 Å². The zero-order valence-electron chi connectivity index (χ0n) is 18.1. The minimum atomic E-state index is 0.646. The second kappa shape index (κ2) is 18.3. The predicted molar refractivity (Wildman–Crippen MR) is 118 cm³/mol. The van der Waals surface area contributed by atoms with E-state index in [-0.39, 0.29) is 0 Å². The van der Waals surface area contributed by atoms with E-state index in [1.165, 1.54) is 95.5 Å². The second-order valence-corrected chi connectivity index (χ2v) is 7.74. The molecule has 0 bridgehead atoms. The first-order valence-electron chi connectivity index (χ1n) is 11.7. The maximum atomic E-state index is 5.78. The molecular weight excluding hydrogens is 332 g/mol. The molecule has 0 aliphatic rings. The van der Waals surface area contributed by atoms with E-state index in [4.69, 9.17) is 9.47 Å². The largest absolute Gasteiger partial charge is 0.491 e. The van der Waals surface area contributed by atoms with Gasteiger partial charge in [0.1, 0.15) is 12.4 Å². The molecule has 0 heterocycles. The molecule has 0 aromatic heterocycles. The third-order valence-electron chi connectivity index (χ3n) is 5.13. The Hall–Kier alpha value is -1.02. The number of ether oxygens (including phenoxy) is 2. The molecular formula is C25H44O2. The summed E-state index contributed by atoms with van der Waals surface area (Å²) in [5.41, 5.74) is 1.42. The molecule has 0 unspecified atom stereocenters. The zero-order valence-corrected chi connectivity index (χ0v) is 18.1. The molecule has 0 aliphatic carbocycles. The summed E-state index contributed by atoms with van der Waals surface area (Å²) in [6, 6.07) is 8.62. The Balaban J connectivity index is 1.94. The number of aryl methyl sites for hydroxylation is 1. The highest BCUT2D eigenvalue weighted by molar-refractivity contribution is 5.27. The van der Waals surface area contributed by atoms with Gasteiger partial charge in [-0.25, -0.2) is 0 Å². The first-order valence-corrected chi connectivity index (χ1v) is 11.7. The molecule has 0 N–H and O–H groups in total. The van der Waals surface area contributed by atoms with E-state index in [1.807, 2.05) is 0 Å². The molecule has 1 aromatic rings. The Morgan fingerprint density at radius 1 is 0.556 bits per heavy atom. The van der Waals surface area contributed by atoms with E-state index < -0.39 is 0 Å².